The van der Waals surface area contributed by atoms with Crippen LogP contribution in [-0.2, 0) is 11.0 Å². The van der Waals surface area contributed by atoms with Gasteiger partial charge in [0, 0.05) is 11.1 Å². The van der Waals surface area contributed by atoms with Crippen LogP contribution in [0.15, 0.2) is 0 Å². The van der Waals surface area contributed by atoms with E-state index in [4.69, 9.17) is 0 Å². The second-order valence-electron chi connectivity index (χ2n) is 18.6. The molecule has 0 unspecified atom stereocenters. The monoisotopic (exact) mass is 1090 g/mol. The van der Waals surface area contributed by atoms with Crippen molar-refractivity contribution in [3.8, 4) is 0 Å². The maximum absolute atomic E-state index is 17.2. The fourth-order valence-corrected chi connectivity index (χ4v) is 10.2. The van der Waals surface area contributed by atoms with Crippen LogP contribution in [-0.4, -0.2) is 18.5 Å². The summed E-state index contributed by atoms with van der Waals surface area (Å²) in [5.74, 6) is -65.6. The third kappa shape index (κ3) is 12.0. The van der Waals surface area contributed by atoms with Gasteiger partial charge >= 0.3 is 0 Å². The Labute approximate surface area is 416 Å². The highest BCUT2D eigenvalue weighted by Crippen LogP contribution is 2.62. The van der Waals surface area contributed by atoms with Gasteiger partial charge in [-0.15, -0.1) is 0 Å². The molecule has 4 aromatic carbocycles. The number of likely N-dealkylation sites (N-methyl/N-ethyl adjacent to an activating group) is 1. The molecule has 0 aliphatic rings. The Bertz CT molecular complexity index is 2310. The third-order valence-corrected chi connectivity index (χ3v) is 13.9. The van der Waals surface area contributed by atoms with Gasteiger partial charge in [0.1, 0.15) is 0 Å². The highest BCUT2D eigenvalue weighted by molar-refractivity contribution is 5.59. The van der Waals surface area contributed by atoms with Crippen LogP contribution in [0.25, 0.3) is 0 Å². The number of rotatable bonds is 30. The number of benzene rings is 4. The summed E-state index contributed by atoms with van der Waals surface area (Å²) in [6.07, 6.45) is 7.24. The average Bonchev–Trinajstić information content (AvgIpc) is 3.38. The van der Waals surface area contributed by atoms with E-state index in [1.54, 1.807) is 0 Å². The highest BCUT2D eigenvalue weighted by atomic mass is 19.2. The van der Waals surface area contributed by atoms with Gasteiger partial charge in [0.2, 0.25) is 23.3 Å². The van der Waals surface area contributed by atoms with Gasteiger partial charge in [0.25, 0.3) is 0 Å². The van der Waals surface area contributed by atoms with E-state index in [9.17, 15) is 0 Å². The minimum Gasteiger partial charge on any atom is -0.292 e. The Hall–Kier alpha value is -4.56. The molecule has 0 spiro atoms. The molecule has 0 aliphatic heterocycles. The largest absolute Gasteiger partial charge is 0.292 e. The topological polar surface area (TPSA) is 3.24 Å². The highest BCUT2D eigenvalue weighted by Gasteiger charge is 2.67. The van der Waals surface area contributed by atoms with E-state index in [-0.39, 0.29) is 37.6 Å². The Morgan fingerprint density at radius 2 is 0.432 bits per heavy atom. The number of nitrogens with zero attached hydrogens (tertiary/aromatic N) is 1. The van der Waals surface area contributed by atoms with Crippen molar-refractivity contribution in [2.24, 2.45) is 0 Å². The molecule has 0 N–H and O–H groups in total. The first-order chi connectivity index (χ1) is 35.0. The predicted molar refractivity (Wildman–Crippen MR) is 237 cm³/mol. The molecule has 0 saturated carbocycles. The molecule has 0 radical (unpaired) electrons. The van der Waals surface area contributed by atoms with Crippen LogP contribution in [0, 0.1) is 116 Å². The molecule has 0 saturated heterocycles. The molecule has 0 fully saturated rings. The van der Waals surface area contributed by atoms with E-state index < -0.39 is 182 Å². The first-order valence-corrected chi connectivity index (χ1v) is 24.8. The zero-order chi connectivity index (χ0) is 55.4. The molecule has 74 heavy (non-hydrogen) atoms. The maximum Gasteiger partial charge on any atom is 0.200 e. The maximum atomic E-state index is 17.2. The Balaban J connectivity index is 2.30. The van der Waals surface area contributed by atoms with Crippen LogP contribution >= 0.6 is 0 Å². The van der Waals surface area contributed by atoms with E-state index in [0.717, 1.165) is 57.8 Å². The van der Waals surface area contributed by atoms with Crippen molar-refractivity contribution in [1.82, 2.24) is 4.90 Å². The summed E-state index contributed by atoms with van der Waals surface area (Å²) in [7, 11) is 0.264. The average molecular weight is 1090 g/mol. The third-order valence-electron chi connectivity index (χ3n) is 13.9. The molecule has 4 rings (SSSR count). The minimum absolute atomic E-state index is 0.120. The summed E-state index contributed by atoms with van der Waals surface area (Å²) in [4.78, 5) is -0.174. The van der Waals surface area contributed by atoms with Crippen LogP contribution in [0.3, 0.4) is 0 Å². The zero-order valence-electron chi connectivity index (χ0n) is 41.0. The van der Waals surface area contributed by atoms with Gasteiger partial charge in [0.15, 0.2) is 93.1 Å². The molecular weight excluding hydrogens is 1030 g/mol. The van der Waals surface area contributed by atoms with Crippen LogP contribution in [0.4, 0.5) is 87.8 Å². The fraction of sp³-hybridized carbons (Fsp3) is 0.547. The second-order valence-corrected chi connectivity index (χ2v) is 18.6. The SMILES string of the molecule is CCCCCCCCCCCCCCN(C)C(c1c(F)c(F)c(F)c(F)c1F)(c1c(F)c(F)c(F)c(F)c1F)C(CCCCCCCCCCCC)(c1c(F)c(F)c(F)c(F)c1F)c1c(F)c(F)c(F)c(F)c1F. The standard InChI is InChI=1S/C53H57F20N/c1-4-6-8-10-12-14-16-17-19-21-23-25-27-74(3)53(30-36(58)44(66)50(72)45(67)37(30)59,31-38(60)46(68)51(73)47(69)39(31)61)52(26-24-22-20-18-15-13-11-9-7-5-2,28-32(54)40(62)48(70)41(63)33(28)55)29-34(56)42(64)49(71)43(65)35(29)57/h4-27H2,1-3H3. The molecule has 0 heterocycles. The van der Waals surface area contributed by atoms with E-state index in [1.807, 2.05) is 13.8 Å². The molecule has 0 atom stereocenters. The molecular formula is C53H57F20N. The fourth-order valence-electron chi connectivity index (χ4n) is 10.2. The minimum atomic E-state index is -5.26. The Morgan fingerprint density at radius 1 is 0.243 bits per heavy atom. The summed E-state index contributed by atoms with van der Waals surface area (Å²) in [5, 5.41) is 0. The van der Waals surface area contributed by atoms with Crippen molar-refractivity contribution in [3.05, 3.63) is 139 Å². The van der Waals surface area contributed by atoms with Crippen LogP contribution in [0.5, 0.6) is 0 Å². The van der Waals surface area contributed by atoms with Gasteiger partial charge in [-0.25, -0.2) is 87.8 Å². The normalized spacial score (nSPS) is 12.3. The molecule has 0 aliphatic carbocycles. The van der Waals surface area contributed by atoms with Crippen molar-refractivity contribution < 1.29 is 87.8 Å². The molecule has 4 aromatic rings. The zero-order valence-corrected chi connectivity index (χ0v) is 41.0. The van der Waals surface area contributed by atoms with Crippen LogP contribution < -0.4 is 0 Å². The lowest BCUT2D eigenvalue weighted by atomic mass is 9.52. The van der Waals surface area contributed by atoms with Crippen molar-refractivity contribution in [2.45, 2.75) is 172 Å². The summed E-state index contributed by atoms with van der Waals surface area (Å²) >= 11 is 0. The van der Waals surface area contributed by atoms with Crippen molar-refractivity contribution in [3.63, 3.8) is 0 Å². The van der Waals surface area contributed by atoms with Gasteiger partial charge in [0.05, 0.1) is 22.1 Å². The number of unbranched alkanes of at least 4 members (excludes halogenated alkanes) is 20. The van der Waals surface area contributed by atoms with E-state index in [2.05, 4.69) is 0 Å². The number of hydrogen-bond acceptors (Lipinski definition) is 1. The van der Waals surface area contributed by atoms with Gasteiger partial charge in [-0.1, -0.05) is 149 Å². The Kier molecular flexibility index (Phi) is 23.0. The Morgan fingerprint density at radius 3 is 0.676 bits per heavy atom. The summed E-state index contributed by atoms with van der Waals surface area (Å²) in [6, 6.07) is 0. The van der Waals surface area contributed by atoms with Gasteiger partial charge in [-0.05, 0) is 26.4 Å². The molecule has 414 valence electrons. The number of halogens is 20. The molecule has 1 nitrogen and oxygen atoms in total. The lowest BCUT2D eigenvalue weighted by molar-refractivity contribution is 0.0458. The van der Waals surface area contributed by atoms with E-state index in [1.165, 1.54) is 0 Å². The van der Waals surface area contributed by atoms with Crippen LogP contribution in [0.1, 0.15) is 184 Å². The number of hydrogen-bond donors (Lipinski definition) is 0. The van der Waals surface area contributed by atoms with Crippen molar-refractivity contribution in [1.29, 1.82) is 0 Å². The predicted octanol–water partition coefficient (Wildman–Crippen LogP) is 18.6. The van der Waals surface area contributed by atoms with E-state index in [0.29, 0.717) is 38.5 Å². The first-order valence-electron chi connectivity index (χ1n) is 24.8. The van der Waals surface area contributed by atoms with Gasteiger partial charge in [-0.2, -0.15) is 0 Å². The summed E-state index contributed by atoms with van der Waals surface area (Å²) in [6.45, 7) is 2.65. The smallest absolute Gasteiger partial charge is 0.200 e. The first kappa shape index (κ1) is 62.0. The molecule has 0 amide bonds. The summed E-state index contributed by atoms with van der Waals surface area (Å²) in [5.41, 5.74) is -22.5. The lowest BCUT2D eigenvalue weighted by Gasteiger charge is -2.56. The van der Waals surface area contributed by atoms with Crippen molar-refractivity contribution in [2.75, 3.05) is 13.6 Å². The quantitative estimate of drug-likeness (QED) is 0.0218. The van der Waals surface area contributed by atoms with Crippen molar-refractivity contribution >= 4 is 0 Å². The van der Waals surface area contributed by atoms with Gasteiger partial charge < -0.3 is 0 Å². The summed E-state index contributed by atoms with van der Waals surface area (Å²) < 4.78 is 325. The van der Waals surface area contributed by atoms with E-state index >= 15 is 87.8 Å². The van der Waals surface area contributed by atoms with Crippen LogP contribution in [0.2, 0.25) is 0 Å². The molecule has 21 heteroatoms. The van der Waals surface area contributed by atoms with Gasteiger partial charge in [-0.3, -0.25) is 4.90 Å². The second kappa shape index (κ2) is 27.5. The lowest BCUT2D eigenvalue weighted by Crippen LogP contribution is -2.63. The molecule has 0 bridgehead atoms. The molecule has 0 aromatic heterocycles.